The Morgan fingerprint density at radius 1 is 1.64 bits per heavy atom. The second-order valence-electron chi connectivity index (χ2n) is 2.56. The number of terminal acetylenes is 1. The number of hydrogen-bond donors (Lipinski definition) is 1. The number of carbonyl (C=O) groups is 1. The van der Waals surface area contributed by atoms with Crippen molar-refractivity contribution in [1.82, 2.24) is 0 Å². The molecule has 1 N–H and O–H groups in total. The number of rotatable bonds is 2. The van der Waals surface area contributed by atoms with Gasteiger partial charge in [0.2, 0.25) is 5.91 Å². The summed E-state index contributed by atoms with van der Waals surface area (Å²) in [5.74, 6) is 2.13. The average molecular weight is 364 g/mol. The van der Waals surface area contributed by atoms with Crippen molar-refractivity contribution in [1.29, 1.82) is 0 Å². The minimum atomic E-state index is -0.161. The highest BCUT2D eigenvalue weighted by molar-refractivity contribution is 14.1. The predicted octanol–water partition coefficient (Wildman–Crippen LogP) is 3.02. The van der Waals surface area contributed by atoms with E-state index in [4.69, 9.17) is 6.42 Å². The van der Waals surface area contributed by atoms with Crippen LogP contribution < -0.4 is 5.32 Å². The summed E-state index contributed by atoms with van der Waals surface area (Å²) in [5.41, 5.74) is 0.762. The predicted molar refractivity (Wildman–Crippen MR) is 68.9 cm³/mol. The Balaban J connectivity index is 2.74. The van der Waals surface area contributed by atoms with Crippen molar-refractivity contribution in [3.8, 4) is 12.3 Å². The van der Waals surface area contributed by atoms with Gasteiger partial charge in [-0.2, -0.15) is 0 Å². The van der Waals surface area contributed by atoms with E-state index in [9.17, 15) is 4.79 Å². The molecule has 0 saturated carbocycles. The minimum Gasteiger partial charge on any atom is -0.325 e. The fourth-order valence-corrected chi connectivity index (χ4v) is 1.63. The van der Waals surface area contributed by atoms with Crippen molar-refractivity contribution in [3.63, 3.8) is 0 Å². The molecule has 0 heterocycles. The molecule has 0 spiro atoms. The lowest BCUT2D eigenvalue weighted by Crippen LogP contribution is -2.10. The van der Waals surface area contributed by atoms with Gasteiger partial charge in [0.1, 0.15) is 0 Å². The molecule has 0 saturated heterocycles. The molecule has 0 fully saturated rings. The third-order valence-corrected chi connectivity index (χ3v) is 3.79. The molecule has 1 amide bonds. The highest BCUT2D eigenvalue weighted by Gasteiger charge is 2.02. The zero-order valence-corrected chi connectivity index (χ0v) is 10.9. The third-order valence-electron chi connectivity index (χ3n) is 1.47. The van der Waals surface area contributed by atoms with Crippen LogP contribution in [0.25, 0.3) is 0 Å². The number of carbonyl (C=O) groups excluding carboxylic acids is 1. The molecule has 0 aromatic heterocycles. The Morgan fingerprint density at radius 3 is 2.93 bits per heavy atom. The Hall–Kier alpha value is -0.540. The first-order chi connectivity index (χ1) is 6.63. The fourth-order valence-electron chi connectivity index (χ4n) is 0.872. The molecule has 1 aromatic carbocycles. The summed E-state index contributed by atoms with van der Waals surface area (Å²) in [4.78, 5) is 11.1. The molecular formula is C10H7BrINO. The zero-order chi connectivity index (χ0) is 10.6. The molecule has 0 aliphatic rings. The van der Waals surface area contributed by atoms with Gasteiger partial charge in [-0.3, -0.25) is 4.79 Å². The third kappa shape index (κ3) is 3.31. The average Bonchev–Trinajstić information content (AvgIpc) is 2.12. The second kappa shape index (κ2) is 5.37. The Labute approximate surface area is 105 Å². The van der Waals surface area contributed by atoms with Crippen molar-refractivity contribution in [2.45, 2.75) is 6.42 Å². The summed E-state index contributed by atoms with van der Waals surface area (Å²) in [6.45, 7) is 0. The van der Waals surface area contributed by atoms with Crippen LogP contribution >= 0.6 is 38.5 Å². The Bertz CT molecular complexity index is 398. The second-order valence-corrected chi connectivity index (χ2v) is 4.57. The molecule has 0 aliphatic heterocycles. The van der Waals surface area contributed by atoms with Crippen LogP contribution in [-0.4, -0.2) is 5.91 Å². The lowest BCUT2D eigenvalue weighted by molar-refractivity contribution is -0.115. The Kier molecular flexibility index (Phi) is 4.42. The molecular weight excluding hydrogens is 357 g/mol. The van der Waals surface area contributed by atoms with E-state index in [1.807, 2.05) is 18.2 Å². The van der Waals surface area contributed by atoms with E-state index in [1.165, 1.54) is 0 Å². The van der Waals surface area contributed by atoms with Gasteiger partial charge in [0.05, 0.1) is 6.42 Å². The number of amides is 1. The maximum Gasteiger partial charge on any atom is 0.236 e. The summed E-state index contributed by atoms with van der Waals surface area (Å²) in [6.07, 6.45) is 5.12. The van der Waals surface area contributed by atoms with E-state index in [1.54, 1.807) is 0 Å². The van der Waals surface area contributed by atoms with E-state index in [-0.39, 0.29) is 12.3 Å². The van der Waals surface area contributed by atoms with Crippen molar-refractivity contribution in [2.24, 2.45) is 0 Å². The molecule has 4 heteroatoms. The van der Waals surface area contributed by atoms with Gasteiger partial charge in [0.15, 0.2) is 0 Å². The molecule has 1 aromatic rings. The van der Waals surface area contributed by atoms with Gasteiger partial charge in [0, 0.05) is 13.7 Å². The van der Waals surface area contributed by atoms with Gasteiger partial charge in [-0.05, 0) is 56.7 Å². The van der Waals surface area contributed by atoms with Gasteiger partial charge in [0.25, 0.3) is 0 Å². The molecule has 1 rings (SSSR count). The molecule has 0 unspecified atom stereocenters. The first-order valence-corrected chi connectivity index (χ1v) is 5.69. The largest absolute Gasteiger partial charge is 0.325 e. The van der Waals surface area contributed by atoms with Crippen molar-refractivity contribution in [2.75, 3.05) is 5.32 Å². The van der Waals surface area contributed by atoms with Crippen LogP contribution in [0.5, 0.6) is 0 Å². The molecule has 0 atom stereocenters. The smallest absolute Gasteiger partial charge is 0.236 e. The number of hydrogen-bond acceptors (Lipinski definition) is 1. The highest BCUT2D eigenvalue weighted by Crippen LogP contribution is 2.22. The van der Waals surface area contributed by atoms with Crippen molar-refractivity contribution >= 4 is 50.1 Å². The van der Waals surface area contributed by atoms with Gasteiger partial charge in [-0.15, -0.1) is 6.42 Å². The Morgan fingerprint density at radius 2 is 2.36 bits per heavy atom. The van der Waals surface area contributed by atoms with Gasteiger partial charge < -0.3 is 5.32 Å². The van der Waals surface area contributed by atoms with Crippen LogP contribution in [0, 0.1) is 15.9 Å². The summed E-state index contributed by atoms with van der Waals surface area (Å²) in [5, 5.41) is 2.70. The van der Waals surface area contributed by atoms with Crippen LogP contribution in [0.2, 0.25) is 0 Å². The number of nitrogens with one attached hydrogen (secondary N) is 1. The molecule has 0 bridgehead atoms. The number of halogens is 2. The van der Waals surface area contributed by atoms with E-state index < -0.39 is 0 Å². The van der Waals surface area contributed by atoms with Gasteiger partial charge in [-0.1, -0.05) is 5.92 Å². The van der Waals surface area contributed by atoms with Crippen LogP contribution in [0.3, 0.4) is 0 Å². The highest BCUT2D eigenvalue weighted by atomic mass is 127. The van der Waals surface area contributed by atoms with Crippen LogP contribution in [-0.2, 0) is 4.79 Å². The van der Waals surface area contributed by atoms with Crippen LogP contribution in [0.15, 0.2) is 22.7 Å². The lowest BCUT2D eigenvalue weighted by Gasteiger charge is -2.04. The normalized spacial score (nSPS) is 9.21. The maximum absolute atomic E-state index is 11.1. The SMILES string of the molecule is C#CCC(=O)Nc1ccc(Br)c(I)c1. The van der Waals surface area contributed by atoms with Crippen molar-refractivity contribution < 1.29 is 4.79 Å². The molecule has 2 nitrogen and oxygen atoms in total. The quantitative estimate of drug-likeness (QED) is 0.635. The molecule has 0 aliphatic carbocycles. The lowest BCUT2D eigenvalue weighted by atomic mass is 10.3. The first-order valence-electron chi connectivity index (χ1n) is 3.82. The molecule has 14 heavy (non-hydrogen) atoms. The van der Waals surface area contributed by atoms with Crippen molar-refractivity contribution in [3.05, 3.63) is 26.2 Å². The zero-order valence-electron chi connectivity index (χ0n) is 7.18. The van der Waals surface area contributed by atoms with E-state index in [0.717, 1.165) is 13.7 Å². The van der Waals surface area contributed by atoms with E-state index in [0.29, 0.717) is 0 Å². The molecule has 0 radical (unpaired) electrons. The summed E-state index contributed by atoms with van der Waals surface area (Å²) >= 11 is 5.55. The molecule has 72 valence electrons. The van der Waals surface area contributed by atoms with Gasteiger partial charge in [-0.25, -0.2) is 0 Å². The number of benzene rings is 1. The monoisotopic (exact) mass is 363 g/mol. The fraction of sp³-hybridized carbons (Fsp3) is 0.100. The summed E-state index contributed by atoms with van der Waals surface area (Å²) in [6, 6.07) is 5.58. The maximum atomic E-state index is 11.1. The summed E-state index contributed by atoms with van der Waals surface area (Å²) in [7, 11) is 0. The van der Waals surface area contributed by atoms with Crippen LogP contribution in [0.1, 0.15) is 6.42 Å². The van der Waals surface area contributed by atoms with E-state index in [2.05, 4.69) is 49.8 Å². The summed E-state index contributed by atoms with van der Waals surface area (Å²) < 4.78 is 2.05. The number of anilines is 1. The topological polar surface area (TPSA) is 29.1 Å². The standard InChI is InChI=1S/C10H7BrINO/c1-2-3-10(14)13-7-4-5-8(11)9(12)6-7/h1,4-6H,3H2,(H,13,14). The first kappa shape index (κ1) is 11.5. The van der Waals surface area contributed by atoms with Crippen LogP contribution in [0.4, 0.5) is 5.69 Å². The van der Waals surface area contributed by atoms with Gasteiger partial charge >= 0.3 is 0 Å². The van der Waals surface area contributed by atoms with E-state index >= 15 is 0 Å². The minimum absolute atomic E-state index is 0.104.